The summed E-state index contributed by atoms with van der Waals surface area (Å²) in [4.78, 5) is 4.89. The van der Waals surface area contributed by atoms with Crippen LogP contribution in [0.2, 0.25) is 0 Å². The molecule has 1 heterocycles. The lowest BCUT2D eigenvalue weighted by Crippen LogP contribution is -2.23. The van der Waals surface area contributed by atoms with Gasteiger partial charge in [0.1, 0.15) is 5.76 Å². The lowest BCUT2D eigenvalue weighted by atomic mass is 10.1. The normalized spacial score (nSPS) is 10.8. The third-order valence-electron chi connectivity index (χ3n) is 5.81. The van der Waals surface area contributed by atoms with E-state index < -0.39 is 7.92 Å². The molecule has 0 amide bonds. The maximum Gasteiger partial charge on any atom is 0.226 e. The monoisotopic (exact) mass is 483 g/mol. The lowest BCUT2D eigenvalue weighted by Gasteiger charge is -2.22. The van der Waals surface area contributed by atoms with Crippen molar-refractivity contribution in [1.29, 1.82) is 0 Å². The molecule has 0 aliphatic heterocycles. The average molecular weight is 484 g/mol. The molecule has 5 rings (SSSR count). The number of nitrogens with zero attached hydrogens (tertiary/aromatic N) is 1. The molecule has 0 aliphatic carbocycles. The second kappa shape index (κ2) is 10.8. The summed E-state index contributed by atoms with van der Waals surface area (Å²) in [5.74, 6) is 1.57. The summed E-state index contributed by atoms with van der Waals surface area (Å²) in [5.41, 5.74) is 4.53. The zero-order valence-electron chi connectivity index (χ0n) is 19.3. The Morgan fingerprint density at radius 3 is 1.85 bits per heavy atom. The maximum absolute atomic E-state index is 6.08. The third-order valence-corrected chi connectivity index (χ3v) is 8.36. The second-order valence-electron chi connectivity index (χ2n) is 8.20. The summed E-state index contributed by atoms with van der Waals surface area (Å²) in [7, 11) is -0.672. The van der Waals surface area contributed by atoms with Crippen molar-refractivity contribution in [2.75, 3.05) is 0 Å². The van der Waals surface area contributed by atoms with Crippen LogP contribution in [-0.2, 0) is 6.42 Å². The SMILES string of the molecule is Cc1ccc(-c2nc(Cc3ccccc3P(c3ccccc3)c3ccccc3)c(C)o2)cc1.Cl. The van der Waals surface area contributed by atoms with Crippen molar-refractivity contribution < 1.29 is 4.42 Å². The van der Waals surface area contributed by atoms with Crippen molar-refractivity contribution in [2.45, 2.75) is 20.3 Å². The van der Waals surface area contributed by atoms with E-state index in [1.165, 1.54) is 27.0 Å². The Hall–Kier alpha value is -3.19. The molecule has 1 aromatic heterocycles. The van der Waals surface area contributed by atoms with Gasteiger partial charge in [0.05, 0.1) is 5.69 Å². The molecule has 0 radical (unpaired) electrons. The highest BCUT2D eigenvalue weighted by atomic mass is 35.5. The van der Waals surface area contributed by atoms with Crippen molar-refractivity contribution in [2.24, 2.45) is 0 Å². The predicted octanol–water partition coefficient (Wildman–Crippen LogP) is 6.73. The van der Waals surface area contributed by atoms with Crippen LogP contribution in [0.25, 0.3) is 11.5 Å². The van der Waals surface area contributed by atoms with Crippen molar-refractivity contribution in [3.05, 3.63) is 132 Å². The first-order valence-corrected chi connectivity index (χ1v) is 12.5. The van der Waals surface area contributed by atoms with Gasteiger partial charge in [0, 0.05) is 12.0 Å². The molecule has 4 heteroatoms. The summed E-state index contributed by atoms with van der Waals surface area (Å²) < 4.78 is 6.08. The molecule has 34 heavy (non-hydrogen) atoms. The van der Waals surface area contributed by atoms with Crippen LogP contribution in [0, 0.1) is 13.8 Å². The van der Waals surface area contributed by atoms with Crippen LogP contribution in [0.4, 0.5) is 0 Å². The number of aryl methyl sites for hydroxylation is 2. The topological polar surface area (TPSA) is 26.0 Å². The zero-order chi connectivity index (χ0) is 22.6. The van der Waals surface area contributed by atoms with Gasteiger partial charge in [-0.1, -0.05) is 103 Å². The summed E-state index contributed by atoms with van der Waals surface area (Å²) in [6, 6.07) is 38.8. The molecule has 0 bridgehead atoms. The molecule has 2 nitrogen and oxygen atoms in total. The number of oxazole rings is 1. The first-order valence-electron chi connectivity index (χ1n) is 11.2. The number of aromatic nitrogens is 1. The largest absolute Gasteiger partial charge is 0.441 e. The van der Waals surface area contributed by atoms with Crippen LogP contribution in [-0.4, -0.2) is 4.98 Å². The standard InChI is InChI=1S/C30H26NOP.ClH/c1-22-17-19-24(20-18-22)30-31-28(23(2)32-30)21-25-11-9-10-16-29(25)33(26-12-5-3-6-13-26)27-14-7-4-8-15-27;/h3-20H,21H2,1-2H3;1H. The molecule has 0 saturated carbocycles. The van der Waals surface area contributed by atoms with Crippen LogP contribution in [0.1, 0.15) is 22.6 Å². The molecule has 4 aromatic carbocycles. The minimum Gasteiger partial charge on any atom is -0.441 e. The highest BCUT2D eigenvalue weighted by molar-refractivity contribution is 7.79. The molecule has 170 valence electrons. The number of benzene rings is 4. The minimum absolute atomic E-state index is 0. The Kier molecular flexibility index (Phi) is 7.63. The second-order valence-corrected chi connectivity index (χ2v) is 10.4. The van der Waals surface area contributed by atoms with Crippen LogP contribution in [0.3, 0.4) is 0 Å². The molecule has 0 fully saturated rings. The number of halogens is 1. The summed E-state index contributed by atoms with van der Waals surface area (Å²) >= 11 is 0. The van der Waals surface area contributed by atoms with E-state index >= 15 is 0 Å². The molecule has 5 aromatic rings. The Labute approximate surface area is 208 Å². The molecule has 0 spiro atoms. The molecular formula is C30H27ClNOP. The Balaban J connectivity index is 0.00000274. The van der Waals surface area contributed by atoms with E-state index in [-0.39, 0.29) is 12.4 Å². The fourth-order valence-corrected chi connectivity index (χ4v) is 6.52. The van der Waals surface area contributed by atoms with E-state index in [0.29, 0.717) is 5.89 Å². The van der Waals surface area contributed by atoms with Gasteiger partial charge in [-0.3, -0.25) is 0 Å². The van der Waals surface area contributed by atoms with Gasteiger partial charge in [0.15, 0.2) is 0 Å². The average Bonchev–Trinajstić information content (AvgIpc) is 3.22. The molecule has 0 N–H and O–H groups in total. The Morgan fingerprint density at radius 2 is 1.24 bits per heavy atom. The van der Waals surface area contributed by atoms with Crippen molar-refractivity contribution >= 4 is 36.2 Å². The molecule has 0 unspecified atom stereocenters. The number of rotatable bonds is 6. The highest BCUT2D eigenvalue weighted by Crippen LogP contribution is 2.35. The summed E-state index contributed by atoms with van der Waals surface area (Å²) in [6.45, 7) is 4.10. The fourth-order valence-electron chi connectivity index (χ4n) is 4.05. The van der Waals surface area contributed by atoms with Crippen LogP contribution < -0.4 is 15.9 Å². The van der Waals surface area contributed by atoms with E-state index in [1.807, 2.05) is 6.92 Å². The molecule has 0 aliphatic rings. The van der Waals surface area contributed by atoms with Crippen LogP contribution in [0.15, 0.2) is 114 Å². The summed E-state index contributed by atoms with van der Waals surface area (Å²) in [6.07, 6.45) is 0.746. The first-order chi connectivity index (χ1) is 16.2. The number of hydrogen-bond acceptors (Lipinski definition) is 2. The van der Waals surface area contributed by atoms with Crippen LogP contribution >= 0.6 is 20.3 Å². The van der Waals surface area contributed by atoms with Crippen molar-refractivity contribution in [1.82, 2.24) is 4.98 Å². The molecule has 0 atom stereocenters. The zero-order valence-corrected chi connectivity index (χ0v) is 21.0. The highest BCUT2D eigenvalue weighted by Gasteiger charge is 2.21. The predicted molar refractivity (Wildman–Crippen MR) is 147 cm³/mol. The van der Waals surface area contributed by atoms with Gasteiger partial charge < -0.3 is 4.42 Å². The van der Waals surface area contributed by atoms with E-state index in [2.05, 4.69) is 116 Å². The van der Waals surface area contributed by atoms with Gasteiger partial charge in [0.2, 0.25) is 5.89 Å². The smallest absolute Gasteiger partial charge is 0.226 e. The van der Waals surface area contributed by atoms with Crippen molar-refractivity contribution in [3.8, 4) is 11.5 Å². The van der Waals surface area contributed by atoms with E-state index in [0.717, 1.165) is 23.4 Å². The maximum atomic E-state index is 6.08. The van der Waals surface area contributed by atoms with E-state index in [1.54, 1.807) is 0 Å². The van der Waals surface area contributed by atoms with Crippen LogP contribution in [0.5, 0.6) is 0 Å². The summed E-state index contributed by atoms with van der Waals surface area (Å²) in [5, 5.41) is 4.07. The van der Waals surface area contributed by atoms with Crippen molar-refractivity contribution in [3.63, 3.8) is 0 Å². The third kappa shape index (κ3) is 5.14. The molecular weight excluding hydrogens is 457 g/mol. The Morgan fingerprint density at radius 1 is 0.676 bits per heavy atom. The lowest BCUT2D eigenvalue weighted by molar-refractivity contribution is 0.540. The Bertz CT molecular complexity index is 1310. The quantitative estimate of drug-likeness (QED) is 0.250. The van der Waals surface area contributed by atoms with Gasteiger partial charge in [0.25, 0.3) is 0 Å². The number of hydrogen-bond donors (Lipinski definition) is 0. The van der Waals surface area contributed by atoms with Gasteiger partial charge >= 0.3 is 0 Å². The van der Waals surface area contributed by atoms with Gasteiger partial charge in [-0.25, -0.2) is 4.98 Å². The van der Waals surface area contributed by atoms with Gasteiger partial charge in [-0.15, -0.1) is 12.4 Å². The van der Waals surface area contributed by atoms with Gasteiger partial charge in [-0.05, 0) is 55.4 Å². The van der Waals surface area contributed by atoms with E-state index in [9.17, 15) is 0 Å². The first kappa shape index (κ1) is 24.0. The molecule has 0 saturated heterocycles. The van der Waals surface area contributed by atoms with E-state index in [4.69, 9.17) is 9.40 Å². The fraction of sp³-hybridized carbons (Fsp3) is 0.100. The van der Waals surface area contributed by atoms with Gasteiger partial charge in [-0.2, -0.15) is 0 Å². The minimum atomic E-state index is -0.672.